The Hall–Kier alpha value is -1.06. The molecule has 0 radical (unpaired) electrons. The highest BCUT2D eigenvalue weighted by atomic mass is 16.5. The zero-order valence-corrected chi connectivity index (χ0v) is 12.6. The highest BCUT2D eigenvalue weighted by molar-refractivity contribution is 5.20. The van der Waals surface area contributed by atoms with Gasteiger partial charge in [-0.2, -0.15) is 0 Å². The van der Waals surface area contributed by atoms with Crippen LogP contribution in [-0.4, -0.2) is 44.4 Å². The minimum Gasteiger partial charge on any atom is -0.491 e. The summed E-state index contributed by atoms with van der Waals surface area (Å²) in [6.45, 7) is 7.94. The molecule has 0 aromatic heterocycles. The molecule has 20 heavy (non-hydrogen) atoms. The summed E-state index contributed by atoms with van der Waals surface area (Å²) in [7, 11) is 0. The van der Waals surface area contributed by atoms with Gasteiger partial charge in [-0.05, 0) is 44.0 Å². The first-order valence-electron chi connectivity index (χ1n) is 7.86. The van der Waals surface area contributed by atoms with Crippen molar-refractivity contribution < 1.29 is 9.47 Å². The largest absolute Gasteiger partial charge is 0.491 e. The Bertz CT molecular complexity index is 347. The molecule has 3 nitrogen and oxygen atoms in total. The van der Waals surface area contributed by atoms with E-state index < -0.39 is 0 Å². The number of piperidine rings is 1. The SMILES string of the molecule is CCC1CCN(CCOCCOc2ccccc2)CC1. The van der Waals surface area contributed by atoms with Gasteiger partial charge in [-0.15, -0.1) is 0 Å². The van der Waals surface area contributed by atoms with Gasteiger partial charge in [0.1, 0.15) is 12.4 Å². The first-order valence-corrected chi connectivity index (χ1v) is 7.86. The smallest absolute Gasteiger partial charge is 0.119 e. The Balaban J connectivity index is 1.46. The number of rotatable bonds is 8. The molecule has 0 bridgehead atoms. The highest BCUT2D eigenvalue weighted by Gasteiger charge is 2.16. The van der Waals surface area contributed by atoms with Gasteiger partial charge in [-0.1, -0.05) is 31.5 Å². The average Bonchev–Trinajstić information content (AvgIpc) is 2.52. The Labute approximate surface area is 122 Å². The summed E-state index contributed by atoms with van der Waals surface area (Å²) in [5.74, 6) is 1.86. The number of likely N-dealkylation sites (tertiary alicyclic amines) is 1. The van der Waals surface area contributed by atoms with E-state index in [1.54, 1.807) is 0 Å². The van der Waals surface area contributed by atoms with Crippen LogP contribution in [0.3, 0.4) is 0 Å². The molecule has 0 spiro atoms. The zero-order valence-electron chi connectivity index (χ0n) is 12.6. The summed E-state index contributed by atoms with van der Waals surface area (Å²) in [6, 6.07) is 9.90. The second-order valence-electron chi connectivity index (χ2n) is 5.47. The number of benzene rings is 1. The van der Waals surface area contributed by atoms with Crippen LogP contribution >= 0.6 is 0 Å². The van der Waals surface area contributed by atoms with Gasteiger partial charge < -0.3 is 14.4 Å². The van der Waals surface area contributed by atoms with Crippen LogP contribution in [0.25, 0.3) is 0 Å². The van der Waals surface area contributed by atoms with Crippen LogP contribution in [0, 0.1) is 5.92 Å². The molecule has 1 aromatic rings. The second kappa shape index (κ2) is 8.98. The number of hydrogen-bond acceptors (Lipinski definition) is 3. The lowest BCUT2D eigenvalue weighted by Gasteiger charge is -2.31. The van der Waals surface area contributed by atoms with Crippen LogP contribution < -0.4 is 4.74 Å². The van der Waals surface area contributed by atoms with Crippen molar-refractivity contribution in [2.24, 2.45) is 5.92 Å². The fraction of sp³-hybridized carbons (Fsp3) is 0.647. The van der Waals surface area contributed by atoms with Crippen molar-refractivity contribution in [3.8, 4) is 5.75 Å². The van der Waals surface area contributed by atoms with Gasteiger partial charge in [0.2, 0.25) is 0 Å². The molecule has 3 heteroatoms. The zero-order chi connectivity index (χ0) is 14.0. The van der Waals surface area contributed by atoms with Gasteiger partial charge >= 0.3 is 0 Å². The molecule has 0 N–H and O–H groups in total. The van der Waals surface area contributed by atoms with Gasteiger partial charge in [-0.25, -0.2) is 0 Å². The Kier molecular flexibility index (Phi) is 6.89. The average molecular weight is 277 g/mol. The fourth-order valence-corrected chi connectivity index (χ4v) is 2.65. The van der Waals surface area contributed by atoms with Crippen LogP contribution in [-0.2, 0) is 4.74 Å². The molecule has 1 saturated heterocycles. The summed E-state index contributed by atoms with van der Waals surface area (Å²) in [5, 5.41) is 0. The van der Waals surface area contributed by atoms with E-state index in [1.165, 1.54) is 32.4 Å². The normalized spacial score (nSPS) is 17.2. The summed E-state index contributed by atoms with van der Waals surface area (Å²) in [6.07, 6.45) is 4.04. The maximum Gasteiger partial charge on any atom is 0.119 e. The Morgan fingerprint density at radius 2 is 1.80 bits per heavy atom. The maximum atomic E-state index is 5.64. The van der Waals surface area contributed by atoms with Crippen molar-refractivity contribution in [1.29, 1.82) is 0 Å². The topological polar surface area (TPSA) is 21.7 Å². The first-order chi connectivity index (χ1) is 9.88. The molecule has 0 saturated carbocycles. The molecular weight excluding hydrogens is 250 g/mol. The van der Waals surface area contributed by atoms with E-state index in [4.69, 9.17) is 9.47 Å². The molecule has 1 heterocycles. The molecule has 0 aliphatic carbocycles. The van der Waals surface area contributed by atoms with Crippen molar-refractivity contribution in [1.82, 2.24) is 4.90 Å². The lowest BCUT2D eigenvalue weighted by atomic mass is 9.94. The quantitative estimate of drug-likeness (QED) is 0.681. The van der Waals surface area contributed by atoms with Crippen LogP contribution in [0.15, 0.2) is 30.3 Å². The third-order valence-corrected chi connectivity index (χ3v) is 4.08. The lowest BCUT2D eigenvalue weighted by molar-refractivity contribution is 0.0696. The summed E-state index contributed by atoms with van der Waals surface area (Å²) in [5.41, 5.74) is 0. The Morgan fingerprint density at radius 1 is 1.05 bits per heavy atom. The van der Waals surface area contributed by atoms with Crippen LogP contribution in [0.1, 0.15) is 26.2 Å². The lowest BCUT2D eigenvalue weighted by Crippen LogP contribution is -2.36. The number of hydrogen-bond donors (Lipinski definition) is 0. The van der Waals surface area contributed by atoms with Crippen molar-refractivity contribution >= 4 is 0 Å². The molecule has 0 unspecified atom stereocenters. The van der Waals surface area contributed by atoms with Gasteiger partial charge in [0.15, 0.2) is 0 Å². The molecule has 1 aliphatic rings. The first kappa shape index (κ1) is 15.3. The van der Waals surface area contributed by atoms with E-state index in [0.717, 1.165) is 24.8 Å². The predicted molar refractivity (Wildman–Crippen MR) is 82.2 cm³/mol. The minimum atomic E-state index is 0.627. The molecule has 1 fully saturated rings. The van der Waals surface area contributed by atoms with Crippen molar-refractivity contribution in [2.75, 3.05) is 39.5 Å². The summed E-state index contributed by atoms with van der Waals surface area (Å²) < 4.78 is 11.2. The maximum absolute atomic E-state index is 5.64. The molecule has 2 rings (SSSR count). The van der Waals surface area contributed by atoms with Gasteiger partial charge in [0.05, 0.1) is 13.2 Å². The van der Waals surface area contributed by atoms with E-state index >= 15 is 0 Å². The van der Waals surface area contributed by atoms with Crippen LogP contribution in [0.2, 0.25) is 0 Å². The van der Waals surface area contributed by atoms with Crippen LogP contribution in [0.5, 0.6) is 5.75 Å². The van der Waals surface area contributed by atoms with E-state index in [0.29, 0.717) is 13.2 Å². The van der Waals surface area contributed by atoms with E-state index in [9.17, 15) is 0 Å². The van der Waals surface area contributed by atoms with Gasteiger partial charge in [0, 0.05) is 6.54 Å². The molecular formula is C17H27NO2. The highest BCUT2D eigenvalue weighted by Crippen LogP contribution is 2.19. The summed E-state index contributed by atoms with van der Waals surface area (Å²) in [4.78, 5) is 2.52. The van der Waals surface area contributed by atoms with E-state index in [1.807, 2.05) is 30.3 Å². The van der Waals surface area contributed by atoms with Crippen LogP contribution in [0.4, 0.5) is 0 Å². The summed E-state index contributed by atoms with van der Waals surface area (Å²) >= 11 is 0. The van der Waals surface area contributed by atoms with Gasteiger partial charge in [0.25, 0.3) is 0 Å². The third kappa shape index (κ3) is 5.51. The number of para-hydroxylation sites is 1. The monoisotopic (exact) mass is 277 g/mol. The number of ether oxygens (including phenoxy) is 2. The van der Waals surface area contributed by atoms with Crippen molar-refractivity contribution in [3.05, 3.63) is 30.3 Å². The standard InChI is InChI=1S/C17H27NO2/c1-2-16-8-10-18(11-9-16)12-13-19-14-15-20-17-6-4-3-5-7-17/h3-7,16H,2,8-15H2,1H3. The predicted octanol–water partition coefficient (Wildman–Crippen LogP) is 3.20. The third-order valence-electron chi connectivity index (χ3n) is 4.08. The van der Waals surface area contributed by atoms with E-state index in [2.05, 4.69) is 11.8 Å². The van der Waals surface area contributed by atoms with Gasteiger partial charge in [-0.3, -0.25) is 0 Å². The second-order valence-corrected chi connectivity index (χ2v) is 5.47. The molecule has 112 valence electrons. The molecule has 1 aromatic carbocycles. The minimum absolute atomic E-state index is 0.627. The van der Waals surface area contributed by atoms with E-state index in [-0.39, 0.29) is 0 Å². The van der Waals surface area contributed by atoms with Crippen molar-refractivity contribution in [3.63, 3.8) is 0 Å². The fourth-order valence-electron chi connectivity index (χ4n) is 2.65. The molecule has 0 amide bonds. The Morgan fingerprint density at radius 3 is 2.50 bits per heavy atom. The number of nitrogens with zero attached hydrogens (tertiary/aromatic N) is 1. The van der Waals surface area contributed by atoms with Crippen molar-refractivity contribution in [2.45, 2.75) is 26.2 Å². The molecule has 0 atom stereocenters. The molecule has 1 aliphatic heterocycles.